The van der Waals surface area contributed by atoms with Crippen LogP contribution in [-0.2, 0) is 6.54 Å². The van der Waals surface area contributed by atoms with Crippen molar-refractivity contribution < 1.29 is 18.3 Å². The van der Waals surface area contributed by atoms with Gasteiger partial charge >= 0.3 is 6.29 Å². The minimum Gasteiger partial charge on any atom is -0.395 e. The van der Waals surface area contributed by atoms with Gasteiger partial charge in [0.05, 0.1) is 0 Å². The Morgan fingerprint density at radius 1 is 1.05 bits per heavy atom. The van der Waals surface area contributed by atoms with Gasteiger partial charge in [0.2, 0.25) is 0 Å². The molecular weight excluding hydrogens is 332 g/mol. The molecule has 0 aliphatic carbocycles. The van der Waals surface area contributed by atoms with Crippen molar-refractivity contribution in [2.45, 2.75) is 12.8 Å². The molecule has 1 N–H and O–H groups in total. The summed E-state index contributed by atoms with van der Waals surface area (Å²) in [4.78, 5) is 0. The van der Waals surface area contributed by atoms with Gasteiger partial charge in [-0.25, -0.2) is 0 Å². The first kappa shape index (κ1) is 13.2. The van der Waals surface area contributed by atoms with Gasteiger partial charge < -0.3 is 14.8 Å². The largest absolute Gasteiger partial charge is 0.586 e. The lowest BCUT2D eigenvalue weighted by molar-refractivity contribution is -0.286. The molecule has 2 aromatic carbocycles. The molecule has 0 aromatic heterocycles. The molecule has 104 valence electrons. The Morgan fingerprint density at radius 3 is 2.65 bits per heavy atom. The van der Waals surface area contributed by atoms with Crippen LogP contribution in [0, 0.1) is 0 Å². The van der Waals surface area contributed by atoms with Crippen LogP contribution in [-0.4, -0.2) is 6.29 Å². The maximum Gasteiger partial charge on any atom is 0.586 e. The molecule has 0 unspecified atom stereocenters. The molecule has 1 heterocycles. The Labute approximate surface area is 122 Å². The van der Waals surface area contributed by atoms with Gasteiger partial charge in [0.1, 0.15) is 0 Å². The maximum atomic E-state index is 12.9. The second-order valence-electron chi connectivity index (χ2n) is 4.31. The fourth-order valence-corrected chi connectivity index (χ4v) is 2.36. The molecule has 0 saturated heterocycles. The number of anilines is 1. The minimum absolute atomic E-state index is 0.0363. The molecular formula is C14H10BrF2NO2. The lowest BCUT2D eigenvalue weighted by Gasteiger charge is -2.07. The second kappa shape index (κ2) is 4.94. The van der Waals surface area contributed by atoms with E-state index in [1.165, 1.54) is 12.1 Å². The van der Waals surface area contributed by atoms with Gasteiger partial charge in [-0.3, -0.25) is 0 Å². The summed E-state index contributed by atoms with van der Waals surface area (Å²) in [5.74, 6) is 0.0808. The highest BCUT2D eigenvalue weighted by atomic mass is 79.9. The Balaban J connectivity index is 1.71. The first-order chi connectivity index (χ1) is 9.52. The van der Waals surface area contributed by atoms with Crippen LogP contribution in [0.4, 0.5) is 14.5 Å². The monoisotopic (exact) mass is 341 g/mol. The van der Waals surface area contributed by atoms with Crippen molar-refractivity contribution in [2.75, 3.05) is 5.32 Å². The van der Waals surface area contributed by atoms with Crippen LogP contribution in [0.5, 0.6) is 11.5 Å². The number of fused-ring (bicyclic) bond motifs is 1. The number of nitrogens with one attached hydrogen (secondary N) is 1. The number of rotatable bonds is 3. The summed E-state index contributed by atoms with van der Waals surface area (Å²) in [6.45, 7) is 0.579. The lowest BCUT2D eigenvalue weighted by atomic mass is 10.2. The van der Waals surface area contributed by atoms with E-state index >= 15 is 0 Å². The van der Waals surface area contributed by atoms with Gasteiger partial charge in [0, 0.05) is 22.8 Å². The predicted octanol–water partition coefficient (Wildman–Crippen LogP) is 4.38. The van der Waals surface area contributed by atoms with E-state index in [1.807, 2.05) is 24.3 Å². The van der Waals surface area contributed by atoms with Crippen LogP contribution < -0.4 is 14.8 Å². The highest BCUT2D eigenvalue weighted by molar-refractivity contribution is 9.10. The minimum atomic E-state index is -3.58. The van der Waals surface area contributed by atoms with Crippen LogP contribution in [0.3, 0.4) is 0 Å². The molecule has 0 radical (unpaired) electrons. The zero-order chi connectivity index (χ0) is 14.2. The zero-order valence-electron chi connectivity index (χ0n) is 10.2. The van der Waals surface area contributed by atoms with Gasteiger partial charge in [0.25, 0.3) is 0 Å². The topological polar surface area (TPSA) is 30.5 Å². The third-order valence-corrected chi connectivity index (χ3v) is 3.28. The number of benzene rings is 2. The van der Waals surface area contributed by atoms with Crippen molar-refractivity contribution in [1.82, 2.24) is 0 Å². The third kappa shape index (κ3) is 2.85. The maximum absolute atomic E-state index is 12.9. The van der Waals surface area contributed by atoms with Crippen molar-refractivity contribution in [3.63, 3.8) is 0 Å². The highest BCUT2D eigenvalue weighted by Gasteiger charge is 2.43. The molecule has 1 aliphatic heterocycles. The quantitative estimate of drug-likeness (QED) is 0.898. The molecule has 0 spiro atoms. The van der Waals surface area contributed by atoms with E-state index in [4.69, 9.17) is 0 Å². The van der Waals surface area contributed by atoms with Crippen molar-refractivity contribution in [1.29, 1.82) is 0 Å². The van der Waals surface area contributed by atoms with Crippen molar-refractivity contribution >= 4 is 21.6 Å². The molecule has 3 nitrogen and oxygen atoms in total. The Morgan fingerprint density at radius 2 is 1.85 bits per heavy atom. The molecule has 0 amide bonds. The summed E-state index contributed by atoms with van der Waals surface area (Å²) >= 11 is 3.39. The summed E-state index contributed by atoms with van der Waals surface area (Å²) in [6, 6.07) is 12.4. The molecule has 0 saturated carbocycles. The third-order valence-electron chi connectivity index (χ3n) is 2.79. The van der Waals surface area contributed by atoms with Crippen LogP contribution in [0.15, 0.2) is 46.9 Å². The second-order valence-corrected chi connectivity index (χ2v) is 5.23. The number of hydrogen-bond donors (Lipinski definition) is 1. The number of alkyl halides is 2. The van der Waals surface area contributed by atoms with E-state index in [0.29, 0.717) is 12.2 Å². The van der Waals surface area contributed by atoms with Gasteiger partial charge in [-0.15, -0.1) is 8.78 Å². The Kier molecular flexibility index (Phi) is 3.25. The zero-order valence-corrected chi connectivity index (χ0v) is 11.8. The van der Waals surface area contributed by atoms with E-state index in [-0.39, 0.29) is 11.5 Å². The van der Waals surface area contributed by atoms with Gasteiger partial charge in [0.15, 0.2) is 11.5 Å². The van der Waals surface area contributed by atoms with Crippen LogP contribution >= 0.6 is 15.9 Å². The summed E-state index contributed by atoms with van der Waals surface area (Å²) in [5, 5.41) is 3.14. The van der Waals surface area contributed by atoms with Gasteiger partial charge in [-0.1, -0.05) is 28.1 Å². The summed E-state index contributed by atoms with van der Waals surface area (Å²) < 4.78 is 35.5. The first-order valence-electron chi connectivity index (χ1n) is 5.90. The van der Waals surface area contributed by atoms with E-state index in [2.05, 4.69) is 30.7 Å². The standard InChI is InChI=1S/C14H10BrF2NO2/c15-10-3-1-2-9(6-10)8-18-11-4-5-12-13(7-11)20-14(16,17)19-12/h1-7,18H,8H2. The van der Waals surface area contributed by atoms with Crippen LogP contribution in [0.25, 0.3) is 0 Å². The van der Waals surface area contributed by atoms with Crippen LogP contribution in [0.2, 0.25) is 0 Å². The van der Waals surface area contributed by atoms with Gasteiger partial charge in [-0.2, -0.15) is 0 Å². The molecule has 0 bridgehead atoms. The number of ether oxygens (including phenoxy) is 2. The van der Waals surface area contributed by atoms with Crippen molar-refractivity contribution in [3.8, 4) is 11.5 Å². The van der Waals surface area contributed by atoms with Crippen molar-refractivity contribution in [3.05, 3.63) is 52.5 Å². The molecule has 20 heavy (non-hydrogen) atoms. The van der Waals surface area contributed by atoms with E-state index in [9.17, 15) is 8.78 Å². The molecule has 0 fully saturated rings. The number of hydrogen-bond acceptors (Lipinski definition) is 3. The molecule has 0 atom stereocenters. The van der Waals surface area contributed by atoms with E-state index in [0.717, 1.165) is 10.0 Å². The Bertz CT molecular complexity index is 649. The molecule has 1 aliphatic rings. The number of halogens is 3. The average Bonchev–Trinajstić information content (AvgIpc) is 2.69. The highest BCUT2D eigenvalue weighted by Crippen LogP contribution is 2.42. The first-order valence-corrected chi connectivity index (χ1v) is 6.69. The molecule has 2 aromatic rings. The van der Waals surface area contributed by atoms with E-state index < -0.39 is 6.29 Å². The van der Waals surface area contributed by atoms with E-state index in [1.54, 1.807) is 6.07 Å². The Hall–Kier alpha value is -1.82. The van der Waals surface area contributed by atoms with Crippen LogP contribution in [0.1, 0.15) is 5.56 Å². The summed E-state index contributed by atoms with van der Waals surface area (Å²) in [5.41, 5.74) is 1.76. The lowest BCUT2D eigenvalue weighted by Crippen LogP contribution is -2.25. The van der Waals surface area contributed by atoms with Crippen molar-refractivity contribution in [2.24, 2.45) is 0 Å². The summed E-state index contributed by atoms with van der Waals surface area (Å²) in [7, 11) is 0. The fraction of sp³-hybridized carbons (Fsp3) is 0.143. The molecule has 6 heteroatoms. The average molecular weight is 342 g/mol. The summed E-state index contributed by atoms with van der Waals surface area (Å²) in [6.07, 6.45) is -3.58. The predicted molar refractivity (Wildman–Crippen MR) is 74.1 cm³/mol. The smallest absolute Gasteiger partial charge is 0.395 e. The SMILES string of the molecule is FC1(F)Oc2ccc(NCc3cccc(Br)c3)cc2O1. The fourth-order valence-electron chi connectivity index (χ4n) is 1.91. The van der Waals surface area contributed by atoms with Gasteiger partial charge in [-0.05, 0) is 29.8 Å². The molecule has 3 rings (SSSR count). The normalized spacial score (nSPS) is 15.2.